The molecule has 3 nitrogen and oxygen atoms in total. The van der Waals surface area contributed by atoms with E-state index in [1.165, 1.54) is 161 Å². The van der Waals surface area contributed by atoms with E-state index in [-0.39, 0.29) is 11.9 Å². The molecule has 0 rings (SSSR count). The molecule has 0 aromatic heterocycles. The van der Waals surface area contributed by atoms with Crippen molar-refractivity contribution in [1.82, 2.24) is 0 Å². The Balaban J connectivity index is 3.34. The fourth-order valence-electron chi connectivity index (χ4n) is 5.62. The number of esters is 2. The molecule has 0 bridgehead atoms. The van der Waals surface area contributed by atoms with Gasteiger partial charge in [-0.25, -0.2) is 0 Å². The minimum atomic E-state index is -0.337. The second kappa shape index (κ2) is 36.8. The molecule has 0 radical (unpaired) electrons. The molecule has 0 N–H and O–H groups in total. The van der Waals surface area contributed by atoms with Crippen LogP contribution in [0.3, 0.4) is 0 Å². The van der Waals surface area contributed by atoms with Gasteiger partial charge in [0.05, 0.1) is 0 Å². The van der Waals surface area contributed by atoms with Crippen molar-refractivity contribution in [2.24, 2.45) is 0 Å². The van der Waals surface area contributed by atoms with Crippen LogP contribution < -0.4 is 0 Å². The van der Waals surface area contributed by atoms with Crippen molar-refractivity contribution in [3.63, 3.8) is 0 Å². The van der Waals surface area contributed by atoms with E-state index < -0.39 is 0 Å². The molecule has 0 saturated heterocycles. The van der Waals surface area contributed by atoms with Gasteiger partial charge in [0.25, 0.3) is 0 Å². The number of ether oxygens (including phenoxy) is 1. The lowest BCUT2D eigenvalue weighted by atomic mass is 10.1. The molecule has 0 spiro atoms. The quantitative estimate of drug-likeness (QED) is 0.0318. The van der Waals surface area contributed by atoms with Gasteiger partial charge in [0, 0.05) is 12.8 Å². The monoisotopic (exact) mass is 603 g/mol. The fourth-order valence-corrected chi connectivity index (χ4v) is 5.62. The maximum Gasteiger partial charge on any atom is 0.313 e. The summed E-state index contributed by atoms with van der Waals surface area (Å²) in [4.78, 5) is 23.9. The van der Waals surface area contributed by atoms with Crippen LogP contribution in [-0.2, 0) is 14.3 Å². The Labute approximate surface area is 269 Å². The number of hydrogen-bond donors (Lipinski definition) is 0. The SMILES string of the molecule is CCCCCCCCC=CCCCCCCCCCCCC(=O)OC(=O)CCCCCCCC=CCCCCCCCC. The summed E-state index contributed by atoms with van der Waals surface area (Å²) in [5.41, 5.74) is 0. The van der Waals surface area contributed by atoms with Crippen LogP contribution >= 0.6 is 0 Å². The van der Waals surface area contributed by atoms with Gasteiger partial charge in [-0.3, -0.25) is 9.59 Å². The van der Waals surface area contributed by atoms with E-state index in [2.05, 4.69) is 38.2 Å². The molecular formula is C40H74O3. The number of carbonyl (C=O) groups is 2. The molecule has 0 fully saturated rings. The van der Waals surface area contributed by atoms with E-state index in [1.54, 1.807) is 0 Å². The van der Waals surface area contributed by atoms with E-state index in [4.69, 9.17) is 4.74 Å². The Kier molecular flexibility index (Phi) is 35.6. The average Bonchev–Trinajstić information content (AvgIpc) is 3.00. The summed E-state index contributed by atoms with van der Waals surface area (Å²) < 4.78 is 5.01. The second-order valence-corrected chi connectivity index (χ2v) is 12.9. The average molecular weight is 603 g/mol. The highest BCUT2D eigenvalue weighted by Crippen LogP contribution is 2.14. The molecule has 0 aromatic rings. The molecule has 252 valence electrons. The first-order chi connectivity index (χ1) is 21.2. The van der Waals surface area contributed by atoms with Crippen molar-refractivity contribution >= 4 is 11.9 Å². The van der Waals surface area contributed by atoms with Gasteiger partial charge in [-0.05, 0) is 64.2 Å². The van der Waals surface area contributed by atoms with Crippen LogP contribution in [0.5, 0.6) is 0 Å². The second-order valence-electron chi connectivity index (χ2n) is 12.9. The number of unbranched alkanes of at least 4 members (excludes halogenated alkanes) is 26. The smallest absolute Gasteiger partial charge is 0.313 e. The Morgan fingerprint density at radius 2 is 0.581 bits per heavy atom. The van der Waals surface area contributed by atoms with Gasteiger partial charge >= 0.3 is 11.9 Å². The van der Waals surface area contributed by atoms with Crippen LogP contribution in [0.15, 0.2) is 24.3 Å². The van der Waals surface area contributed by atoms with Gasteiger partial charge in [0.1, 0.15) is 0 Å². The van der Waals surface area contributed by atoms with Gasteiger partial charge in [0.15, 0.2) is 0 Å². The molecule has 3 heteroatoms. The highest BCUT2D eigenvalue weighted by atomic mass is 16.6. The minimum Gasteiger partial charge on any atom is -0.393 e. The first-order valence-corrected chi connectivity index (χ1v) is 19.2. The van der Waals surface area contributed by atoms with Crippen molar-refractivity contribution in [3.05, 3.63) is 24.3 Å². The van der Waals surface area contributed by atoms with Crippen LogP contribution in [-0.4, -0.2) is 11.9 Å². The Hall–Kier alpha value is -1.38. The van der Waals surface area contributed by atoms with E-state index in [9.17, 15) is 9.59 Å². The van der Waals surface area contributed by atoms with Crippen molar-refractivity contribution in [1.29, 1.82) is 0 Å². The lowest BCUT2D eigenvalue weighted by Crippen LogP contribution is -2.11. The van der Waals surface area contributed by atoms with Crippen LogP contribution in [0.25, 0.3) is 0 Å². The summed E-state index contributed by atoms with van der Waals surface area (Å²) in [6.07, 6.45) is 48.1. The summed E-state index contributed by atoms with van der Waals surface area (Å²) >= 11 is 0. The predicted octanol–water partition coefficient (Wildman–Crippen LogP) is 13.7. The Morgan fingerprint density at radius 1 is 0.349 bits per heavy atom. The third-order valence-corrected chi connectivity index (χ3v) is 8.51. The molecule has 0 aliphatic heterocycles. The Bertz CT molecular complexity index is 636. The first kappa shape index (κ1) is 41.6. The molecule has 0 amide bonds. The zero-order valence-corrected chi connectivity index (χ0v) is 29.2. The highest BCUT2D eigenvalue weighted by Gasteiger charge is 2.09. The van der Waals surface area contributed by atoms with Crippen LogP contribution in [0.1, 0.15) is 219 Å². The molecular weight excluding hydrogens is 528 g/mol. The standard InChI is InChI=1S/C40H74O3/c1-3-5-7-9-11-13-15-17-19-20-21-22-24-26-28-30-32-34-36-38-40(42)43-39(41)37-35-33-31-29-27-25-23-18-16-14-12-10-8-6-4-2/h17-19,23H,3-16,20-22,24-38H2,1-2H3. The predicted molar refractivity (Wildman–Crippen MR) is 188 cm³/mol. The van der Waals surface area contributed by atoms with E-state index in [0.29, 0.717) is 12.8 Å². The van der Waals surface area contributed by atoms with Crippen molar-refractivity contribution in [2.75, 3.05) is 0 Å². The first-order valence-electron chi connectivity index (χ1n) is 19.2. The summed E-state index contributed by atoms with van der Waals surface area (Å²) in [5, 5.41) is 0. The molecule has 0 aliphatic rings. The lowest BCUT2D eigenvalue weighted by Gasteiger charge is -2.04. The number of allylic oxidation sites excluding steroid dienone is 4. The summed E-state index contributed by atoms with van der Waals surface area (Å²) in [7, 11) is 0. The van der Waals surface area contributed by atoms with Gasteiger partial charge < -0.3 is 4.74 Å². The van der Waals surface area contributed by atoms with Gasteiger partial charge in [0.2, 0.25) is 0 Å². The van der Waals surface area contributed by atoms with Crippen LogP contribution in [0, 0.1) is 0 Å². The maximum atomic E-state index is 11.9. The van der Waals surface area contributed by atoms with Crippen molar-refractivity contribution in [3.8, 4) is 0 Å². The minimum absolute atomic E-state index is 0.334. The normalized spacial score (nSPS) is 11.7. The summed E-state index contributed by atoms with van der Waals surface area (Å²) in [6, 6.07) is 0. The third kappa shape index (κ3) is 36.7. The maximum absolute atomic E-state index is 11.9. The van der Waals surface area contributed by atoms with Crippen molar-refractivity contribution < 1.29 is 14.3 Å². The number of hydrogen-bond acceptors (Lipinski definition) is 3. The van der Waals surface area contributed by atoms with Gasteiger partial charge in [-0.2, -0.15) is 0 Å². The molecule has 0 atom stereocenters. The zero-order chi connectivity index (χ0) is 31.3. The van der Waals surface area contributed by atoms with Gasteiger partial charge in [-0.15, -0.1) is 0 Å². The molecule has 0 heterocycles. The zero-order valence-electron chi connectivity index (χ0n) is 29.2. The summed E-state index contributed by atoms with van der Waals surface area (Å²) in [5.74, 6) is -0.672. The number of carbonyl (C=O) groups excluding carboxylic acids is 2. The largest absolute Gasteiger partial charge is 0.393 e. The molecule has 0 aromatic carbocycles. The molecule has 43 heavy (non-hydrogen) atoms. The third-order valence-electron chi connectivity index (χ3n) is 8.51. The van der Waals surface area contributed by atoms with E-state index in [0.717, 1.165) is 32.1 Å². The van der Waals surface area contributed by atoms with E-state index in [1.807, 2.05) is 0 Å². The van der Waals surface area contributed by atoms with Crippen molar-refractivity contribution in [2.45, 2.75) is 219 Å². The van der Waals surface area contributed by atoms with E-state index >= 15 is 0 Å². The summed E-state index contributed by atoms with van der Waals surface area (Å²) in [6.45, 7) is 4.54. The van der Waals surface area contributed by atoms with Gasteiger partial charge in [-0.1, -0.05) is 167 Å². The fraction of sp³-hybridized carbons (Fsp3) is 0.850. The highest BCUT2D eigenvalue weighted by molar-refractivity contribution is 5.85. The lowest BCUT2D eigenvalue weighted by molar-refractivity contribution is -0.159. The molecule has 0 unspecified atom stereocenters. The molecule has 0 saturated carbocycles. The van der Waals surface area contributed by atoms with Crippen LogP contribution in [0.2, 0.25) is 0 Å². The molecule has 0 aliphatic carbocycles. The van der Waals surface area contributed by atoms with Crippen LogP contribution in [0.4, 0.5) is 0 Å². The number of rotatable bonds is 34. The Morgan fingerprint density at radius 3 is 0.860 bits per heavy atom. The topological polar surface area (TPSA) is 43.4 Å².